The second-order valence-corrected chi connectivity index (χ2v) is 8.92. The molecule has 0 amide bonds. The zero-order valence-electron chi connectivity index (χ0n) is 13.0. The molecule has 0 aromatic carbocycles. The van der Waals surface area contributed by atoms with Gasteiger partial charge in [-0.2, -0.15) is 0 Å². The van der Waals surface area contributed by atoms with E-state index in [9.17, 15) is 0 Å². The third-order valence-corrected chi connectivity index (χ3v) is 7.69. The first-order chi connectivity index (χ1) is 9.64. The lowest BCUT2D eigenvalue weighted by Crippen LogP contribution is -2.59. The molecule has 1 aliphatic heterocycles. The molecule has 0 aromatic rings. The summed E-state index contributed by atoms with van der Waals surface area (Å²) >= 11 is 1.99. The van der Waals surface area contributed by atoms with Crippen LogP contribution in [0.2, 0.25) is 0 Å². The summed E-state index contributed by atoms with van der Waals surface area (Å²) in [4.78, 5) is 5.10. The van der Waals surface area contributed by atoms with Gasteiger partial charge in [0, 0.05) is 11.3 Å². The SMILES string of the molecule is CCC1(CC)CSC(NC23CC4CC(CC(C4)C2)C3)=N1. The van der Waals surface area contributed by atoms with E-state index < -0.39 is 0 Å². The van der Waals surface area contributed by atoms with Crippen molar-refractivity contribution in [2.45, 2.75) is 76.3 Å². The Labute approximate surface area is 127 Å². The minimum Gasteiger partial charge on any atom is -0.359 e. The van der Waals surface area contributed by atoms with Gasteiger partial charge in [-0.15, -0.1) is 0 Å². The fourth-order valence-electron chi connectivity index (χ4n) is 5.65. The Morgan fingerprint density at radius 2 is 1.60 bits per heavy atom. The van der Waals surface area contributed by atoms with Crippen LogP contribution in [0.4, 0.5) is 0 Å². The van der Waals surface area contributed by atoms with Gasteiger partial charge >= 0.3 is 0 Å². The van der Waals surface area contributed by atoms with Crippen molar-refractivity contribution in [3.8, 4) is 0 Å². The maximum Gasteiger partial charge on any atom is 0.157 e. The van der Waals surface area contributed by atoms with Crippen LogP contribution in [0.3, 0.4) is 0 Å². The molecule has 112 valence electrons. The average Bonchev–Trinajstić information content (AvgIpc) is 2.80. The normalized spacial score (nSPS) is 44.7. The summed E-state index contributed by atoms with van der Waals surface area (Å²) < 4.78 is 0. The van der Waals surface area contributed by atoms with Crippen LogP contribution in [-0.4, -0.2) is 22.0 Å². The van der Waals surface area contributed by atoms with Crippen LogP contribution >= 0.6 is 11.8 Å². The van der Waals surface area contributed by atoms with Crippen LogP contribution in [0.5, 0.6) is 0 Å². The van der Waals surface area contributed by atoms with E-state index >= 15 is 0 Å². The quantitative estimate of drug-likeness (QED) is 0.843. The van der Waals surface area contributed by atoms with Crippen LogP contribution in [0.1, 0.15) is 65.2 Å². The molecule has 5 aliphatic rings. The van der Waals surface area contributed by atoms with Crippen molar-refractivity contribution in [1.82, 2.24) is 5.32 Å². The molecule has 0 radical (unpaired) electrons. The van der Waals surface area contributed by atoms with Gasteiger partial charge in [0.2, 0.25) is 0 Å². The van der Waals surface area contributed by atoms with Crippen LogP contribution in [0, 0.1) is 17.8 Å². The molecule has 0 atom stereocenters. The van der Waals surface area contributed by atoms with E-state index in [1.54, 1.807) is 0 Å². The Balaban J connectivity index is 1.52. The molecule has 0 spiro atoms. The van der Waals surface area contributed by atoms with Gasteiger partial charge in [0.05, 0.1) is 5.54 Å². The van der Waals surface area contributed by atoms with Gasteiger partial charge in [-0.3, -0.25) is 4.99 Å². The number of amidine groups is 1. The fourth-order valence-corrected chi connectivity index (χ4v) is 7.07. The van der Waals surface area contributed by atoms with Gasteiger partial charge in [-0.25, -0.2) is 0 Å². The van der Waals surface area contributed by atoms with E-state index in [0.29, 0.717) is 5.54 Å². The number of hydrogen-bond acceptors (Lipinski definition) is 3. The summed E-state index contributed by atoms with van der Waals surface area (Å²) in [6.45, 7) is 4.59. The predicted molar refractivity (Wildman–Crippen MR) is 87.2 cm³/mol. The van der Waals surface area contributed by atoms with E-state index in [-0.39, 0.29) is 5.54 Å². The average molecular weight is 292 g/mol. The van der Waals surface area contributed by atoms with Gasteiger partial charge in [0.25, 0.3) is 0 Å². The molecule has 4 bridgehead atoms. The van der Waals surface area contributed by atoms with E-state index in [1.165, 1.54) is 62.3 Å². The molecular weight excluding hydrogens is 264 g/mol. The standard InChI is InChI=1S/C17H28N2S/c1-3-16(4-2)11-20-15(18-16)19-17-8-12-5-13(9-17)7-14(6-12)10-17/h12-14H,3-11H2,1-2H3,(H,18,19). The Hall–Kier alpha value is -0.180. The zero-order chi connectivity index (χ0) is 13.8. The first-order valence-electron chi connectivity index (χ1n) is 8.65. The predicted octanol–water partition coefficient (Wildman–Crippen LogP) is 4.21. The number of rotatable bonds is 3. The molecule has 4 aliphatic carbocycles. The van der Waals surface area contributed by atoms with E-state index in [2.05, 4.69) is 19.2 Å². The van der Waals surface area contributed by atoms with Crippen molar-refractivity contribution in [3.63, 3.8) is 0 Å². The third-order valence-electron chi connectivity index (χ3n) is 6.54. The molecule has 5 rings (SSSR count). The van der Waals surface area contributed by atoms with Gasteiger partial charge in [0.15, 0.2) is 5.17 Å². The Morgan fingerprint density at radius 1 is 1.05 bits per heavy atom. The second kappa shape index (κ2) is 4.66. The van der Waals surface area contributed by atoms with E-state index in [4.69, 9.17) is 4.99 Å². The van der Waals surface area contributed by atoms with Crippen molar-refractivity contribution in [3.05, 3.63) is 0 Å². The highest BCUT2D eigenvalue weighted by Crippen LogP contribution is 2.56. The number of aliphatic imine (C=N–C) groups is 1. The molecule has 1 N–H and O–H groups in total. The van der Waals surface area contributed by atoms with Gasteiger partial charge in [0.1, 0.15) is 0 Å². The molecule has 3 heteroatoms. The first-order valence-corrected chi connectivity index (χ1v) is 9.64. The monoisotopic (exact) mass is 292 g/mol. The topological polar surface area (TPSA) is 24.4 Å². The lowest BCUT2D eigenvalue weighted by molar-refractivity contribution is -0.00966. The Morgan fingerprint density at radius 3 is 2.05 bits per heavy atom. The smallest absolute Gasteiger partial charge is 0.157 e. The number of nitrogens with zero attached hydrogens (tertiary/aromatic N) is 1. The first kappa shape index (κ1) is 13.5. The summed E-state index contributed by atoms with van der Waals surface area (Å²) in [6, 6.07) is 0. The minimum atomic E-state index is 0.231. The lowest BCUT2D eigenvalue weighted by Gasteiger charge is -2.57. The Kier molecular flexibility index (Phi) is 3.14. The van der Waals surface area contributed by atoms with Gasteiger partial charge in [-0.1, -0.05) is 25.6 Å². The molecule has 20 heavy (non-hydrogen) atoms. The molecule has 0 unspecified atom stereocenters. The van der Waals surface area contributed by atoms with Crippen molar-refractivity contribution >= 4 is 16.9 Å². The van der Waals surface area contributed by atoms with Crippen molar-refractivity contribution in [2.75, 3.05) is 5.75 Å². The highest BCUT2D eigenvalue weighted by Gasteiger charge is 2.51. The number of nitrogens with one attached hydrogen (secondary N) is 1. The summed E-state index contributed by atoms with van der Waals surface area (Å²) in [5.74, 6) is 4.24. The molecular formula is C17H28N2S. The Bertz CT molecular complexity index is 389. The van der Waals surface area contributed by atoms with Crippen LogP contribution in [-0.2, 0) is 0 Å². The minimum absolute atomic E-state index is 0.231. The third kappa shape index (κ3) is 2.12. The molecule has 0 saturated heterocycles. The molecule has 4 fully saturated rings. The van der Waals surface area contributed by atoms with Gasteiger partial charge in [-0.05, 0) is 69.1 Å². The van der Waals surface area contributed by atoms with Crippen molar-refractivity contribution in [1.29, 1.82) is 0 Å². The zero-order valence-corrected chi connectivity index (χ0v) is 13.8. The maximum atomic E-state index is 5.10. The molecule has 1 heterocycles. The lowest BCUT2D eigenvalue weighted by atomic mass is 9.53. The van der Waals surface area contributed by atoms with Crippen LogP contribution in [0.15, 0.2) is 4.99 Å². The number of hydrogen-bond donors (Lipinski definition) is 1. The van der Waals surface area contributed by atoms with Gasteiger partial charge < -0.3 is 5.32 Å². The fraction of sp³-hybridized carbons (Fsp3) is 0.941. The summed E-state index contributed by atoms with van der Waals surface area (Å²) in [5.41, 5.74) is 0.660. The molecule has 4 saturated carbocycles. The highest BCUT2D eigenvalue weighted by molar-refractivity contribution is 8.14. The maximum absolute atomic E-state index is 5.10. The molecule has 2 nitrogen and oxygen atoms in total. The highest BCUT2D eigenvalue weighted by atomic mass is 32.2. The largest absolute Gasteiger partial charge is 0.359 e. The van der Waals surface area contributed by atoms with Crippen LogP contribution < -0.4 is 5.32 Å². The second-order valence-electron chi connectivity index (χ2n) is 7.96. The number of thioether (sulfide) groups is 1. The van der Waals surface area contributed by atoms with Crippen molar-refractivity contribution < 1.29 is 0 Å². The van der Waals surface area contributed by atoms with E-state index in [0.717, 1.165) is 17.8 Å². The van der Waals surface area contributed by atoms with Crippen molar-refractivity contribution in [2.24, 2.45) is 22.7 Å². The summed E-state index contributed by atoms with van der Waals surface area (Å²) in [6.07, 6.45) is 11.2. The molecule has 0 aromatic heterocycles. The summed E-state index contributed by atoms with van der Waals surface area (Å²) in [5, 5.41) is 5.23. The van der Waals surface area contributed by atoms with Crippen LogP contribution in [0.25, 0.3) is 0 Å². The summed E-state index contributed by atoms with van der Waals surface area (Å²) in [7, 11) is 0. The van der Waals surface area contributed by atoms with E-state index in [1.807, 2.05) is 11.8 Å².